The Morgan fingerprint density at radius 1 is 1.21 bits per heavy atom. The van der Waals surface area contributed by atoms with Crippen LogP contribution in [-0.2, 0) is 24.8 Å². The first-order chi connectivity index (χ1) is 13.5. The van der Waals surface area contributed by atoms with Gasteiger partial charge in [0.15, 0.2) is 5.65 Å². The van der Waals surface area contributed by atoms with Crippen LogP contribution in [0.5, 0.6) is 0 Å². The van der Waals surface area contributed by atoms with Crippen LogP contribution in [0.3, 0.4) is 0 Å². The number of carbonyl (C=O) groups excluding carboxylic acids is 1. The van der Waals surface area contributed by atoms with Crippen molar-refractivity contribution < 1.29 is 13.9 Å². The summed E-state index contributed by atoms with van der Waals surface area (Å²) in [5, 5.41) is 5.85. The van der Waals surface area contributed by atoms with E-state index in [1.54, 1.807) is 17.8 Å². The molecule has 0 unspecified atom stereocenters. The topological polar surface area (TPSA) is 87.2 Å². The van der Waals surface area contributed by atoms with Crippen LogP contribution in [0.1, 0.15) is 34.1 Å². The average Bonchev–Trinajstić information content (AvgIpc) is 2.98. The van der Waals surface area contributed by atoms with E-state index in [1.807, 2.05) is 32.0 Å². The summed E-state index contributed by atoms with van der Waals surface area (Å²) in [6.07, 6.45) is 2.30. The largest absolute Gasteiger partial charge is 0.457 e. The van der Waals surface area contributed by atoms with Crippen molar-refractivity contribution >= 4 is 28.0 Å². The number of ether oxygens (including phenoxy) is 1. The summed E-state index contributed by atoms with van der Waals surface area (Å²) in [5.74, 6) is -0.510. The maximum atomic E-state index is 12.5. The molecule has 1 aromatic carbocycles. The van der Waals surface area contributed by atoms with Gasteiger partial charge in [0, 0.05) is 35.6 Å². The lowest BCUT2D eigenvalue weighted by Gasteiger charge is -2.08. The van der Waals surface area contributed by atoms with E-state index in [0.29, 0.717) is 22.4 Å². The summed E-state index contributed by atoms with van der Waals surface area (Å²) in [6.45, 7) is 3.86. The molecule has 0 saturated carbocycles. The minimum Gasteiger partial charge on any atom is -0.457 e. The minimum absolute atomic E-state index is 0.0313. The van der Waals surface area contributed by atoms with Gasteiger partial charge in [-0.15, -0.1) is 0 Å². The van der Waals surface area contributed by atoms with E-state index >= 15 is 0 Å². The summed E-state index contributed by atoms with van der Waals surface area (Å²) in [7, 11) is 1.80. The van der Waals surface area contributed by atoms with Crippen LogP contribution in [0, 0.1) is 6.92 Å². The number of fused-ring (bicyclic) bond motifs is 2. The maximum Gasteiger partial charge on any atom is 0.340 e. The smallest absolute Gasteiger partial charge is 0.340 e. The molecular weight excluding hydrogens is 358 g/mol. The van der Waals surface area contributed by atoms with Crippen LogP contribution < -0.4 is 5.63 Å². The number of rotatable bonds is 4. The summed E-state index contributed by atoms with van der Waals surface area (Å²) in [5.41, 5.74) is 3.52. The number of nitrogens with zero attached hydrogens (tertiary/aromatic N) is 3. The third-order valence-electron chi connectivity index (χ3n) is 4.76. The number of carbonyl (C=O) groups is 1. The van der Waals surface area contributed by atoms with Crippen molar-refractivity contribution in [2.24, 2.45) is 7.05 Å². The molecule has 3 aromatic heterocycles. The van der Waals surface area contributed by atoms with E-state index in [9.17, 15) is 9.59 Å². The van der Waals surface area contributed by atoms with Crippen LogP contribution in [0.15, 0.2) is 45.7 Å². The molecule has 28 heavy (non-hydrogen) atoms. The molecule has 0 radical (unpaired) electrons. The molecule has 0 spiro atoms. The summed E-state index contributed by atoms with van der Waals surface area (Å²) >= 11 is 0. The number of hydrogen-bond donors (Lipinski definition) is 0. The molecule has 0 saturated heterocycles. The second-order valence-corrected chi connectivity index (χ2v) is 6.66. The Balaban J connectivity index is 1.61. The van der Waals surface area contributed by atoms with Crippen LogP contribution in [0.4, 0.5) is 0 Å². The minimum atomic E-state index is -0.510. The highest BCUT2D eigenvalue weighted by atomic mass is 16.5. The number of esters is 1. The Labute approximate surface area is 160 Å². The van der Waals surface area contributed by atoms with E-state index in [4.69, 9.17) is 9.15 Å². The number of aromatic nitrogens is 3. The third kappa shape index (κ3) is 3.15. The van der Waals surface area contributed by atoms with Crippen molar-refractivity contribution in [1.82, 2.24) is 14.8 Å². The molecule has 0 bridgehead atoms. The molecule has 7 heteroatoms. The molecule has 0 amide bonds. The lowest BCUT2D eigenvalue weighted by molar-refractivity contribution is 0.0473. The van der Waals surface area contributed by atoms with Crippen molar-refractivity contribution in [2.75, 3.05) is 0 Å². The molecule has 142 valence electrons. The van der Waals surface area contributed by atoms with E-state index in [-0.39, 0.29) is 6.61 Å². The van der Waals surface area contributed by atoms with Gasteiger partial charge in [-0.05, 0) is 31.0 Å². The molecule has 3 heterocycles. The quantitative estimate of drug-likeness (QED) is 0.401. The van der Waals surface area contributed by atoms with E-state index in [0.717, 1.165) is 28.5 Å². The van der Waals surface area contributed by atoms with Gasteiger partial charge in [0.05, 0.1) is 11.3 Å². The summed E-state index contributed by atoms with van der Waals surface area (Å²) < 4.78 is 12.4. The highest BCUT2D eigenvalue weighted by Crippen LogP contribution is 2.21. The van der Waals surface area contributed by atoms with Crippen molar-refractivity contribution in [2.45, 2.75) is 26.9 Å². The molecule has 7 nitrogen and oxygen atoms in total. The second-order valence-electron chi connectivity index (χ2n) is 6.66. The number of hydrogen-bond acceptors (Lipinski definition) is 6. The zero-order chi connectivity index (χ0) is 19.8. The molecule has 4 aromatic rings. The monoisotopic (exact) mass is 377 g/mol. The summed E-state index contributed by atoms with van der Waals surface area (Å²) in [6, 6.07) is 8.76. The molecule has 0 aliphatic heterocycles. The first-order valence-corrected chi connectivity index (χ1v) is 8.98. The Bertz CT molecular complexity index is 1270. The number of aryl methyl sites for hydroxylation is 3. The number of benzene rings is 1. The third-order valence-corrected chi connectivity index (χ3v) is 4.76. The standard InChI is InChI=1S/C21H19N3O4/c1-4-13-5-6-16-15(9-19(25)28-18(16)7-13)11-27-21(26)14-8-17-12(2)23-24(3)20(17)22-10-14/h5-10H,4,11H2,1-3H3. The van der Waals surface area contributed by atoms with Crippen LogP contribution in [-0.4, -0.2) is 20.7 Å². The predicted molar refractivity (Wildman–Crippen MR) is 104 cm³/mol. The van der Waals surface area contributed by atoms with Crippen molar-refractivity contribution in [1.29, 1.82) is 0 Å². The van der Waals surface area contributed by atoms with Crippen LogP contribution in [0.25, 0.3) is 22.0 Å². The van der Waals surface area contributed by atoms with Crippen LogP contribution >= 0.6 is 0 Å². The van der Waals surface area contributed by atoms with Gasteiger partial charge >= 0.3 is 11.6 Å². The van der Waals surface area contributed by atoms with Gasteiger partial charge in [0.2, 0.25) is 0 Å². The maximum absolute atomic E-state index is 12.5. The van der Waals surface area contributed by atoms with Gasteiger partial charge in [0.1, 0.15) is 12.2 Å². The fourth-order valence-electron chi connectivity index (χ4n) is 3.26. The molecule has 0 aliphatic rings. The second kappa shape index (κ2) is 6.92. The Hall–Kier alpha value is -3.48. The highest BCUT2D eigenvalue weighted by Gasteiger charge is 2.14. The summed E-state index contributed by atoms with van der Waals surface area (Å²) in [4.78, 5) is 28.7. The number of pyridine rings is 1. The van der Waals surface area contributed by atoms with Gasteiger partial charge < -0.3 is 9.15 Å². The molecule has 4 rings (SSSR count). The molecular formula is C21H19N3O4. The van der Waals surface area contributed by atoms with Crippen molar-refractivity contribution in [3.8, 4) is 0 Å². The highest BCUT2D eigenvalue weighted by molar-refractivity contribution is 5.93. The first kappa shape index (κ1) is 17.9. The zero-order valence-corrected chi connectivity index (χ0v) is 15.9. The van der Waals surface area contributed by atoms with Crippen molar-refractivity contribution in [3.05, 3.63) is 69.3 Å². The van der Waals surface area contributed by atoms with Gasteiger partial charge in [0.25, 0.3) is 0 Å². The Morgan fingerprint density at radius 2 is 2.04 bits per heavy atom. The normalized spacial score (nSPS) is 11.2. The Kier molecular flexibility index (Phi) is 4.43. The van der Waals surface area contributed by atoms with E-state index in [1.165, 1.54) is 12.3 Å². The Morgan fingerprint density at radius 3 is 2.82 bits per heavy atom. The van der Waals surface area contributed by atoms with Crippen LogP contribution in [0.2, 0.25) is 0 Å². The zero-order valence-electron chi connectivity index (χ0n) is 15.9. The first-order valence-electron chi connectivity index (χ1n) is 8.98. The predicted octanol–water partition coefficient (Wildman–Crippen LogP) is 3.30. The molecule has 0 atom stereocenters. The lowest BCUT2D eigenvalue weighted by atomic mass is 10.1. The fourth-order valence-corrected chi connectivity index (χ4v) is 3.26. The van der Waals surface area contributed by atoms with Gasteiger partial charge in [-0.3, -0.25) is 4.68 Å². The molecule has 0 N–H and O–H groups in total. The van der Waals surface area contributed by atoms with Gasteiger partial charge in [-0.25, -0.2) is 14.6 Å². The van der Waals surface area contributed by atoms with E-state index < -0.39 is 11.6 Å². The average molecular weight is 377 g/mol. The van der Waals surface area contributed by atoms with E-state index in [2.05, 4.69) is 10.1 Å². The SMILES string of the molecule is CCc1ccc2c(COC(=O)c3cnc4c(c3)c(C)nn4C)cc(=O)oc2c1. The molecule has 0 fully saturated rings. The van der Waals surface area contributed by atoms with Gasteiger partial charge in [-0.2, -0.15) is 5.10 Å². The van der Waals surface area contributed by atoms with Gasteiger partial charge in [-0.1, -0.05) is 19.1 Å². The lowest BCUT2D eigenvalue weighted by Crippen LogP contribution is -2.08. The molecule has 0 aliphatic carbocycles. The van der Waals surface area contributed by atoms with Crippen molar-refractivity contribution in [3.63, 3.8) is 0 Å². The fraction of sp³-hybridized carbons (Fsp3) is 0.238.